The predicted molar refractivity (Wildman–Crippen MR) is 56.1 cm³/mol. The van der Waals surface area contributed by atoms with Crippen LogP contribution in [0, 0.1) is 18.3 Å². The van der Waals surface area contributed by atoms with Crippen LogP contribution in [0.3, 0.4) is 0 Å². The maximum absolute atomic E-state index is 11.5. The van der Waals surface area contributed by atoms with E-state index >= 15 is 0 Å². The average Bonchev–Trinajstić information content (AvgIpc) is 2.12. The number of hydrogen-bond donors (Lipinski definition) is 2. The van der Waals surface area contributed by atoms with Crippen LogP contribution in [-0.2, 0) is 6.54 Å². The first-order chi connectivity index (χ1) is 6.61. The average molecular weight is 234 g/mol. The van der Waals surface area contributed by atoms with Crippen molar-refractivity contribution in [3.8, 4) is 11.9 Å². The fourth-order valence-electron chi connectivity index (χ4n) is 1.20. The molecule has 76 valence electrons. The molecule has 0 aliphatic rings. The van der Waals surface area contributed by atoms with E-state index in [9.17, 15) is 9.90 Å². The molecular weight excluding hydrogens is 223 g/mol. The normalized spacial score (nSPS) is 9.13. The van der Waals surface area contributed by atoms with Gasteiger partial charge < -0.3 is 10.2 Å². The van der Waals surface area contributed by atoms with Gasteiger partial charge in [0.2, 0.25) is 0 Å². The maximum atomic E-state index is 11.5. The van der Waals surface area contributed by atoms with Gasteiger partial charge in [0, 0.05) is 6.07 Å². The summed E-state index contributed by atoms with van der Waals surface area (Å²) in [5, 5.41) is 26.7. The van der Waals surface area contributed by atoms with Crippen LogP contribution in [-0.4, -0.2) is 72.8 Å². The summed E-state index contributed by atoms with van der Waals surface area (Å²) >= 11 is 0. The third kappa shape index (κ3) is 3.14. The van der Waals surface area contributed by atoms with Crippen LogP contribution >= 0.6 is 0 Å². The Kier molecular flexibility index (Phi) is 6.36. The van der Waals surface area contributed by atoms with Crippen molar-refractivity contribution in [1.29, 1.82) is 5.26 Å². The Morgan fingerprint density at radius 1 is 1.60 bits per heavy atom. The van der Waals surface area contributed by atoms with Crippen molar-refractivity contribution >= 4 is 51.4 Å². The van der Waals surface area contributed by atoms with Crippen LogP contribution in [0.15, 0.2) is 10.9 Å². The molecule has 0 unspecified atom stereocenters. The topological polar surface area (TPSA) is 86.2 Å². The van der Waals surface area contributed by atoms with Crippen LogP contribution < -0.4 is 5.56 Å². The zero-order valence-corrected chi connectivity index (χ0v) is 7.69. The molecule has 0 saturated carbocycles. The Labute approximate surface area is 129 Å². The Hall–Kier alpha value is -0.164. The van der Waals surface area contributed by atoms with Crippen molar-refractivity contribution in [1.82, 2.24) is 4.57 Å². The molecule has 1 aromatic rings. The zero-order valence-electron chi connectivity index (χ0n) is 7.69. The molecule has 1 heterocycles. The number of aryl methyl sites for hydroxylation is 1. The summed E-state index contributed by atoms with van der Waals surface area (Å²) in [4.78, 5) is 11.5. The molecule has 15 heavy (non-hydrogen) atoms. The van der Waals surface area contributed by atoms with E-state index < -0.39 is 5.56 Å². The quantitative estimate of drug-likeness (QED) is 0.648. The molecule has 0 spiro atoms. The summed E-state index contributed by atoms with van der Waals surface area (Å²) < 4.78 is 0.964. The summed E-state index contributed by atoms with van der Waals surface area (Å²) in [6, 6.07) is 3.09. The van der Waals surface area contributed by atoms with Gasteiger partial charge in [-0.25, -0.2) is 0 Å². The van der Waals surface area contributed by atoms with E-state index in [4.69, 9.17) is 10.4 Å². The molecule has 0 aromatic carbocycles. The molecule has 6 heteroatoms. The summed E-state index contributed by atoms with van der Waals surface area (Å²) in [7, 11) is 0. The second-order valence-electron chi connectivity index (χ2n) is 2.85. The number of pyridine rings is 1. The first-order valence-electron chi connectivity index (χ1n) is 4.06. The number of aliphatic hydroxyl groups is 1. The van der Waals surface area contributed by atoms with Crippen molar-refractivity contribution in [3.63, 3.8) is 0 Å². The van der Waals surface area contributed by atoms with E-state index in [0.29, 0.717) is 5.56 Å². The fourth-order valence-corrected chi connectivity index (χ4v) is 1.20. The summed E-state index contributed by atoms with van der Waals surface area (Å²) in [6.07, 6.45) is 0. The number of rotatable bonds is 2. The number of aromatic nitrogens is 1. The van der Waals surface area contributed by atoms with E-state index in [1.807, 2.05) is 0 Å². The standard InChI is InChI=1S/C9H10N2O3.K.H/c1-6-4-8(13)11(2-3-12)9(14)7(6)5-10;;/h4,12-13H,2-3H2,1H3;;. The molecule has 0 radical (unpaired) electrons. The van der Waals surface area contributed by atoms with Gasteiger partial charge in [-0.2, -0.15) is 5.26 Å². The number of aliphatic hydroxyl groups excluding tert-OH is 1. The van der Waals surface area contributed by atoms with Crippen molar-refractivity contribution < 1.29 is 10.2 Å². The minimum absolute atomic E-state index is 0. The predicted octanol–water partition coefficient (Wildman–Crippen LogP) is -0.922. The molecule has 1 rings (SSSR count). The van der Waals surface area contributed by atoms with Gasteiger partial charge in [0.05, 0.1) is 13.2 Å². The van der Waals surface area contributed by atoms with Crippen LogP contribution in [0.4, 0.5) is 0 Å². The number of nitrogens with zero attached hydrogens (tertiary/aromatic N) is 2. The van der Waals surface area contributed by atoms with Gasteiger partial charge in [-0.05, 0) is 12.5 Å². The van der Waals surface area contributed by atoms with Gasteiger partial charge in [-0.1, -0.05) is 0 Å². The fraction of sp³-hybridized carbons (Fsp3) is 0.333. The zero-order chi connectivity index (χ0) is 10.7. The Bertz CT molecular complexity index is 448. The molecule has 0 fully saturated rings. The van der Waals surface area contributed by atoms with Gasteiger partial charge in [-0.15, -0.1) is 0 Å². The molecule has 0 aliphatic heterocycles. The number of nitriles is 1. The monoisotopic (exact) mass is 234 g/mol. The summed E-state index contributed by atoms with van der Waals surface area (Å²) in [5.41, 5.74) is -0.139. The van der Waals surface area contributed by atoms with Gasteiger partial charge >= 0.3 is 51.4 Å². The van der Waals surface area contributed by atoms with Crippen LogP contribution in [0.1, 0.15) is 11.1 Å². The number of aromatic hydroxyl groups is 1. The Morgan fingerprint density at radius 2 is 2.20 bits per heavy atom. The minimum atomic E-state index is -0.570. The second kappa shape index (κ2) is 6.43. The van der Waals surface area contributed by atoms with Crippen molar-refractivity contribution in [2.75, 3.05) is 6.61 Å². The molecule has 0 amide bonds. The third-order valence-electron chi connectivity index (χ3n) is 1.91. The van der Waals surface area contributed by atoms with Crippen molar-refractivity contribution in [2.45, 2.75) is 13.5 Å². The summed E-state index contributed by atoms with van der Waals surface area (Å²) in [5.74, 6) is -0.236. The van der Waals surface area contributed by atoms with E-state index in [2.05, 4.69) is 0 Å². The van der Waals surface area contributed by atoms with Gasteiger partial charge in [0.1, 0.15) is 11.6 Å². The first kappa shape index (κ1) is 14.8. The molecule has 1 aromatic heterocycles. The summed E-state index contributed by atoms with van der Waals surface area (Å²) in [6.45, 7) is 1.30. The first-order valence-corrected chi connectivity index (χ1v) is 4.06. The number of hydrogen-bond acceptors (Lipinski definition) is 4. The Morgan fingerprint density at radius 3 is 2.67 bits per heavy atom. The van der Waals surface area contributed by atoms with Gasteiger partial charge in [-0.3, -0.25) is 9.36 Å². The van der Waals surface area contributed by atoms with Crippen LogP contribution in [0.2, 0.25) is 0 Å². The molecule has 5 nitrogen and oxygen atoms in total. The molecule has 2 N–H and O–H groups in total. The Balaban J connectivity index is 0.00000196. The van der Waals surface area contributed by atoms with Gasteiger partial charge in [0.15, 0.2) is 5.88 Å². The second-order valence-corrected chi connectivity index (χ2v) is 2.85. The van der Waals surface area contributed by atoms with E-state index in [0.717, 1.165) is 4.57 Å². The molecule has 0 saturated heterocycles. The molecule has 0 atom stereocenters. The van der Waals surface area contributed by atoms with Gasteiger partial charge in [0.25, 0.3) is 5.56 Å². The van der Waals surface area contributed by atoms with E-state index in [1.54, 1.807) is 13.0 Å². The van der Waals surface area contributed by atoms with Crippen LogP contribution in [0.5, 0.6) is 5.88 Å². The molecule has 0 bridgehead atoms. The van der Waals surface area contributed by atoms with E-state index in [1.165, 1.54) is 6.07 Å². The van der Waals surface area contributed by atoms with Crippen molar-refractivity contribution in [3.05, 3.63) is 27.5 Å². The third-order valence-corrected chi connectivity index (χ3v) is 1.91. The van der Waals surface area contributed by atoms with E-state index in [-0.39, 0.29) is 76.0 Å². The molecular formula is C9H11KN2O3. The van der Waals surface area contributed by atoms with Crippen molar-refractivity contribution in [2.24, 2.45) is 0 Å². The SMILES string of the molecule is Cc1cc(O)n(CCO)c(=O)c1C#N.[KH]. The molecule has 0 aliphatic carbocycles. The van der Waals surface area contributed by atoms with Crippen LogP contribution in [0.25, 0.3) is 0 Å².